The fourth-order valence-electron chi connectivity index (χ4n) is 2.46. The number of ether oxygens (including phenoxy) is 1. The van der Waals surface area contributed by atoms with E-state index < -0.39 is 11.9 Å². The van der Waals surface area contributed by atoms with Gasteiger partial charge >= 0.3 is 5.97 Å². The zero-order valence-corrected chi connectivity index (χ0v) is 14.0. The van der Waals surface area contributed by atoms with Gasteiger partial charge in [0.15, 0.2) is 5.76 Å². The summed E-state index contributed by atoms with van der Waals surface area (Å²) in [5, 5.41) is 13.0. The van der Waals surface area contributed by atoms with Crippen molar-refractivity contribution in [3.63, 3.8) is 0 Å². The molecule has 1 unspecified atom stereocenters. The van der Waals surface area contributed by atoms with Gasteiger partial charge in [0.1, 0.15) is 5.92 Å². The van der Waals surface area contributed by atoms with Gasteiger partial charge in [-0.1, -0.05) is 59.3 Å². The maximum absolute atomic E-state index is 11.2. The van der Waals surface area contributed by atoms with Gasteiger partial charge in [0.05, 0.1) is 6.61 Å². The lowest BCUT2D eigenvalue weighted by molar-refractivity contribution is -0.140. The maximum atomic E-state index is 11.2. The molecular weight excluding hydrogens is 282 g/mol. The first kappa shape index (κ1) is 18.5. The highest BCUT2D eigenvalue weighted by Gasteiger charge is 2.28. The molecule has 0 fully saturated rings. The van der Waals surface area contributed by atoms with Crippen molar-refractivity contribution >= 4 is 5.97 Å². The molecule has 0 saturated carbocycles. The molecule has 126 valence electrons. The van der Waals surface area contributed by atoms with E-state index in [1.54, 1.807) is 6.07 Å². The van der Waals surface area contributed by atoms with Crippen LogP contribution in [0, 0.1) is 5.92 Å². The summed E-state index contributed by atoms with van der Waals surface area (Å²) in [4.78, 5) is 11.2. The molecule has 0 aliphatic heterocycles. The Bertz CT molecular complexity index is 428. The highest BCUT2D eigenvalue weighted by Crippen LogP contribution is 2.27. The van der Waals surface area contributed by atoms with Gasteiger partial charge < -0.3 is 14.4 Å². The minimum absolute atomic E-state index is 0.0542. The molecule has 0 aromatic carbocycles. The lowest BCUT2D eigenvalue weighted by atomic mass is 9.94. The number of nitrogens with zero attached hydrogens (tertiary/aromatic N) is 1. The number of aromatic nitrogens is 1. The minimum Gasteiger partial charge on any atom is -0.481 e. The first-order chi connectivity index (χ1) is 10.6. The molecule has 0 radical (unpaired) electrons. The molecule has 1 atom stereocenters. The van der Waals surface area contributed by atoms with Gasteiger partial charge in [-0.3, -0.25) is 4.79 Å². The topological polar surface area (TPSA) is 72.6 Å². The van der Waals surface area contributed by atoms with Gasteiger partial charge in [-0.25, -0.2) is 0 Å². The van der Waals surface area contributed by atoms with Crippen LogP contribution in [0.25, 0.3) is 0 Å². The molecular formula is C17H29NO4. The van der Waals surface area contributed by atoms with Gasteiger partial charge in [0.25, 0.3) is 5.88 Å². The van der Waals surface area contributed by atoms with Crippen LogP contribution in [0.5, 0.6) is 5.88 Å². The second-order valence-electron chi connectivity index (χ2n) is 6.10. The molecule has 0 aliphatic carbocycles. The van der Waals surface area contributed by atoms with Crippen LogP contribution in [0.2, 0.25) is 0 Å². The third kappa shape index (κ3) is 6.50. The lowest BCUT2D eigenvalue weighted by Crippen LogP contribution is -2.16. The summed E-state index contributed by atoms with van der Waals surface area (Å²) < 4.78 is 10.6. The van der Waals surface area contributed by atoms with Crippen LogP contribution in [0.4, 0.5) is 0 Å². The number of aliphatic carboxylic acids is 1. The lowest BCUT2D eigenvalue weighted by Gasteiger charge is -2.11. The highest BCUT2D eigenvalue weighted by atomic mass is 16.5. The predicted molar refractivity (Wildman–Crippen MR) is 85.2 cm³/mol. The second kappa shape index (κ2) is 10.2. The van der Waals surface area contributed by atoms with Gasteiger partial charge in [0.2, 0.25) is 0 Å². The van der Waals surface area contributed by atoms with Crippen molar-refractivity contribution in [3.05, 3.63) is 11.8 Å². The first-order valence-corrected chi connectivity index (χ1v) is 8.38. The van der Waals surface area contributed by atoms with Crippen LogP contribution < -0.4 is 4.74 Å². The van der Waals surface area contributed by atoms with Crippen LogP contribution in [0.15, 0.2) is 10.6 Å². The SMILES string of the molecule is CCCCCCCCCOc1cc(C(C(=O)O)C(C)C)on1. The molecule has 1 aromatic heterocycles. The Morgan fingerprint density at radius 1 is 1.23 bits per heavy atom. The predicted octanol–water partition coefficient (Wildman–Crippen LogP) is 4.63. The summed E-state index contributed by atoms with van der Waals surface area (Å²) >= 11 is 0. The van der Waals surface area contributed by atoms with Crippen molar-refractivity contribution in [3.8, 4) is 5.88 Å². The second-order valence-corrected chi connectivity index (χ2v) is 6.10. The molecule has 0 spiro atoms. The fraction of sp³-hybridized carbons (Fsp3) is 0.765. The van der Waals surface area contributed by atoms with Crippen LogP contribution in [0.1, 0.15) is 77.4 Å². The van der Waals surface area contributed by atoms with E-state index in [1.807, 2.05) is 13.8 Å². The third-order valence-corrected chi connectivity index (χ3v) is 3.74. The Morgan fingerprint density at radius 2 is 1.86 bits per heavy atom. The number of carboxylic acid groups (broad SMARTS) is 1. The van der Waals surface area contributed by atoms with E-state index in [9.17, 15) is 9.90 Å². The van der Waals surface area contributed by atoms with Crippen molar-refractivity contribution < 1.29 is 19.2 Å². The van der Waals surface area contributed by atoms with Crippen LogP contribution in [-0.4, -0.2) is 22.8 Å². The zero-order valence-electron chi connectivity index (χ0n) is 14.0. The van der Waals surface area contributed by atoms with Crippen molar-refractivity contribution in [2.75, 3.05) is 6.61 Å². The molecule has 5 heteroatoms. The monoisotopic (exact) mass is 311 g/mol. The molecule has 0 amide bonds. The number of carboxylic acids is 1. The Balaban J connectivity index is 2.26. The number of hydrogen-bond acceptors (Lipinski definition) is 4. The van der Waals surface area contributed by atoms with Crippen molar-refractivity contribution in [2.45, 2.75) is 71.6 Å². The quantitative estimate of drug-likeness (QED) is 0.570. The first-order valence-electron chi connectivity index (χ1n) is 8.38. The minimum atomic E-state index is -0.898. The molecule has 0 bridgehead atoms. The Hall–Kier alpha value is -1.52. The molecule has 5 nitrogen and oxygen atoms in total. The Labute approximate surface area is 133 Å². The van der Waals surface area contributed by atoms with E-state index in [-0.39, 0.29) is 5.92 Å². The van der Waals surface area contributed by atoms with E-state index in [0.717, 1.165) is 12.8 Å². The van der Waals surface area contributed by atoms with E-state index >= 15 is 0 Å². The highest BCUT2D eigenvalue weighted by molar-refractivity contribution is 5.75. The number of unbranched alkanes of at least 4 members (excludes halogenated alkanes) is 6. The van der Waals surface area contributed by atoms with E-state index in [0.29, 0.717) is 18.2 Å². The van der Waals surface area contributed by atoms with Crippen LogP contribution in [0.3, 0.4) is 0 Å². The molecule has 1 aromatic rings. The fourth-order valence-corrected chi connectivity index (χ4v) is 2.46. The molecule has 22 heavy (non-hydrogen) atoms. The van der Waals surface area contributed by atoms with Crippen LogP contribution in [-0.2, 0) is 4.79 Å². The van der Waals surface area contributed by atoms with Gasteiger partial charge in [-0.15, -0.1) is 0 Å². The average Bonchev–Trinajstić information content (AvgIpc) is 2.89. The molecule has 1 N–H and O–H groups in total. The Kier molecular flexibility index (Phi) is 8.63. The molecule has 0 saturated heterocycles. The number of hydrogen-bond donors (Lipinski definition) is 1. The van der Waals surface area contributed by atoms with E-state index in [1.165, 1.54) is 32.1 Å². The normalized spacial score (nSPS) is 12.5. The molecule has 0 aliphatic rings. The summed E-state index contributed by atoms with van der Waals surface area (Å²) in [6.45, 7) is 6.51. The molecule has 1 rings (SSSR count). The van der Waals surface area contributed by atoms with Gasteiger partial charge in [-0.05, 0) is 17.5 Å². The summed E-state index contributed by atoms with van der Waals surface area (Å²) in [5.41, 5.74) is 0. The maximum Gasteiger partial charge on any atom is 0.314 e. The van der Waals surface area contributed by atoms with Crippen LogP contribution >= 0.6 is 0 Å². The summed E-state index contributed by atoms with van der Waals surface area (Å²) in [5.74, 6) is -0.889. The standard InChI is InChI=1S/C17H29NO4/c1-4-5-6-7-8-9-10-11-21-15-12-14(22-18-15)16(13(2)3)17(19)20/h12-13,16H,4-11H2,1-3H3,(H,19,20). The molecule has 1 heterocycles. The number of rotatable bonds is 12. The summed E-state index contributed by atoms with van der Waals surface area (Å²) in [6, 6.07) is 1.60. The van der Waals surface area contributed by atoms with Gasteiger partial charge in [-0.2, -0.15) is 0 Å². The van der Waals surface area contributed by atoms with E-state index in [4.69, 9.17) is 9.26 Å². The van der Waals surface area contributed by atoms with Crippen molar-refractivity contribution in [2.24, 2.45) is 5.92 Å². The number of carbonyl (C=O) groups is 1. The summed E-state index contributed by atoms with van der Waals surface area (Å²) in [7, 11) is 0. The third-order valence-electron chi connectivity index (χ3n) is 3.74. The average molecular weight is 311 g/mol. The van der Waals surface area contributed by atoms with Gasteiger partial charge in [0, 0.05) is 6.07 Å². The van der Waals surface area contributed by atoms with Crippen molar-refractivity contribution in [1.82, 2.24) is 5.16 Å². The van der Waals surface area contributed by atoms with Crippen molar-refractivity contribution in [1.29, 1.82) is 0 Å². The summed E-state index contributed by atoms with van der Waals surface area (Å²) in [6.07, 6.45) is 8.57. The largest absolute Gasteiger partial charge is 0.481 e. The zero-order chi connectivity index (χ0) is 16.4. The van der Waals surface area contributed by atoms with E-state index in [2.05, 4.69) is 12.1 Å². The smallest absolute Gasteiger partial charge is 0.314 e. The Morgan fingerprint density at radius 3 is 2.45 bits per heavy atom.